The van der Waals surface area contributed by atoms with Gasteiger partial charge in [0.15, 0.2) is 5.96 Å². The number of nitrogens with zero attached hydrogens (tertiary/aromatic N) is 1. The van der Waals surface area contributed by atoms with E-state index in [0.29, 0.717) is 37.8 Å². The minimum absolute atomic E-state index is 0. The van der Waals surface area contributed by atoms with Gasteiger partial charge in [0.05, 0.1) is 6.54 Å². The highest BCUT2D eigenvalue weighted by atomic mass is 127. The lowest BCUT2D eigenvalue weighted by molar-refractivity contribution is 0.145. The van der Waals surface area contributed by atoms with E-state index < -0.39 is 11.6 Å². The van der Waals surface area contributed by atoms with E-state index in [2.05, 4.69) is 10.3 Å². The second kappa shape index (κ2) is 9.36. The van der Waals surface area contributed by atoms with E-state index in [-0.39, 0.29) is 29.4 Å². The van der Waals surface area contributed by atoms with Gasteiger partial charge in [0.25, 0.3) is 0 Å². The van der Waals surface area contributed by atoms with Crippen LogP contribution in [0.15, 0.2) is 23.2 Å². The van der Waals surface area contributed by atoms with E-state index in [1.165, 1.54) is 12.1 Å². The summed E-state index contributed by atoms with van der Waals surface area (Å²) in [6, 6.07) is 3.73. The fourth-order valence-corrected chi connectivity index (χ4v) is 2.41. The molecule has 1 aliphatic carbocycles. The van der Waals surface area contributed by atoms with E-state index in [0.717, 1.165) is 25.3 Å². The highest BCUT2D eigenvalue weighted by molar-refractivity contribution is 14.0. The standard InChI is InChI=1S/C16H23F2N3O.HI/c1-2-22-9-3-8-20-15(19)21-11-16(6-7-16)13-5-4-12(17)10-14(13)18;/h4-5,10H,2-3,6-9,11H2,1H3,(H3,19,20,21);1H. The zero-order valence-corrected chi connectivity index (χ0v) is 15.6. The second-order valence-electron chi connectivity index (χ2n) is 5.58. The maximum atomic E-state index is 13.9. The summed E-state index contributed by atoms with van der Waals surface area (Å²) in [5, 5.41) is 3.01. The van der Waals surface area contributed by atoms with Crippen LogP contribution in [-0.4, -0.2) is 32.3 Å². The van der Waals surface area contributed by atoms with Crippen LogP contribution >= 0.6 is 24.0 Å². The van der Waals surface area contributed by atoms with E-state index in [1.54, 1.807) is 0 Å². The number of ether oxygens (including phenoxy) is 1. The van der Waals surface area contributed by atoms with Crippen LogP contribution in [0.5, 0.6) is 0 Å². The highest BCUT2D eigenvalue weighted by Crippen LogP contribution is 2.49. The average Bonchev–Trinajstić information content (AvgIpc) is 3.26. The Balaban J connectivity index is 0.00000264. The minimum Gasteiger partial charge on any atom is -0.382 e. The summed E-state index contributed by atoms with van der Waals surface area (Å²) in [5.74, 6) is -0.711. The minimum atomic E-state index is -0.559. The number of nitrogens with two attached hydrogens (primary N) is 1. The van der Waals surface area contributed by atoms with E-state index in [9.17, 15) is 8.78 Å². The van der Waals surface area contributed by atoms with Crippen LogP contribution in [0.4, 0.5) is 8.78 Å². The van der Waals surface area contributed by atoms with Gasteiger partial charge in [-0.15, -0.1) is 24.0 Å². The molecule has 0 radical (unpaired) electrons. The van der Waals surface area contributed by atoms with Gasteiger partial charge in [0.1, 0.15) is 11.6 Å². The Morgan fingerprint density at radius 3 is 2.74 bits per heavy atom. The van der Waals surface area contributed by atoms with Crippen LogP contribution in [0.25, 0.3) is 0 Å². The lowest BCUT2D eigenvalue weighted by Gasteiger charge is -2.15. The Bertz CT molecular complexity index is 536. The summed E-state index contributed by atoms with van der Waals surface area (Å²) < 4.78 is 32.1. The molecular weight excluding hydrogens is 415 g/mol. The molecule has 1 aromatic rings. The number of benzene rings is 1. The monoisotopic (exact) mass is 439 g/mol. The predicted octanol–water partition coefficient (Wildman–Crippen LogP) is 2.95. The van der Waals surface area contributed by atoms with Gasteiger partial charge in [-0.1, -0.05) is 6.07 Å². The summed E-state index contributed by atoms with van der Waals surface area (Å²) in [7, 11) is 0. The molecule has 2 rings (SSSR count). The number of aliphatic imine (C=N–C) groups is 1. The zero-order chi connectivity index (χ0) is 16.0. The first-order valence-electron chi connectivity index (χ1n) is 7.64. The molecule has 0 amide bonds. The molecule has 0 unspecified atom stereocenters. The molecule has 0 bridgehead atoms. The lowest BCUT2D eigenvalue weighted by Crippen LogP contribution is -2.34. The fourth-order valence-electron chi connectivity index (χ4n) is 2.41. The molecule has 1 aliphatic rings. The summed E-state index contributed by atoms with van der Waals surface area (Å²) in [5.41, 5.74) is 6.01. The Hall–Kier alpha value is -0.960. The van der Waals surface area contributed by atoms with Gasteiger partial charge in [-0.2, -0.15) is 0 Å². The van der Waals surface area contributed by atoms with E-state index in [4.69, 9.17) is 10.5 Å². The SMILES string of the molecule is CCOCCCNC(N)=NCC1(c2ccc(F)cc2F)CC1.I. The van der Waals surface area contributed by atoms with Gasteiger partial charge in [0.2, 0.25) is 0 Å². The van der Waals surface area contributed by atoms with Gasteiger partial charge < -0.3 is 15.8 Å². The third kappa shape index (κ3) is 5.87. The van der Waals surface area contributed by atoms with Crippen LogP contribution in [0.3, 0.4) is 0 Å². The summed E-state index contributed by atoms with van der Waals surface area (Å²) in [6.45, 7) is 4.44. The second-order valence-corrected chi connectivity index (χ2v) is 5.58. The number of nitrogens with one attached hydrogen (secondary N) is 1. The zero-order valence-electron chi connectivity index (χ0n) is 13.3. The molecule has 130 valence electrons. The van der Waals surface area contributed by atoms with Gasteiger partial charge in [-0.3, -0.25) is 4.99 Å². The molecule has 1 fully saturated rings. The van der Waals surface area contributed by atoms with Crippen molar-refractivity contribution in [2.75, 3.05) is 26.3 Å². The molecule has 23 heavy (non-hydrogen) atoms. The van der Waals surface area contributed by atoms with E-state index >= 15 is 0 Å². The number of hydrogen-bond donors (Lipinski definition) is 2. The first-order chi connectivity index (χ1) is 10.6. The maximum Gasteiger partial charge on any atom is 0.188 e. The molecule has 0 atom stereocenters. The van der Waals surface area contributed by atoms with Crippen molar-refractivity contribution < 1.29 is 13.5 Å². The van der Waals surface area contributed by atoms with Gasteiger partial charge in [-0.25, -0.2) is 8.78 Å². The van der Waals surface area contributed by atoms with Crippen LogP contribution in [-0.2, 0) is 10.2 Å². The van der Waals surface area contributed by atoms with Crippen LogP contribution in [0, 0.1) is 11.6 Å². The quantitative estimate of drug-likeness (QED) is 0.284. The summed E-state index contributed by atoms with van der Waals surface area (Å²) >= 11 is 0. The van der Waals surface area contributed by atoms with Crippen molar-refractivity contribution in [1.29, 1.82) is 0 Å². The molecule has 0 spiro atoms. The Morgan fingerprint density at radius 2 is 2.13 bits per heavy atom. The third-order valence-electron chi connectivity index (χ3n) is 3.88. The molecular formula is C16H24F2IN3O. The van der Waals surface area contributed by atoms with Gasteiger partial charge in [-0.05, 0) is 37.8 Å². The summed E-state index contributed by atoms with van der Waals surface area (Å²) in [4.78, 5) is 4.30. The number of halogens is 3. The molecule has 1 aromatic carbocycles. The number of hydrogen-bond acceptors (Lipinski definition) is 2. The van der Waals surface area contributed by atoms with Crippen molar-refractivity contribution in [2.45, 2.75) is 31.6 Å². The molecule has 0 aliphatic heterocycles. The predicted molar refractivity (Wildman–Crippen MR) is 98.3 cm³/mol. The Morgan fingerprint density at radius 1 is 1.39 bits per heavy atom. The molecule has 4 nitrogen and oxygen atoms in total. The molecule has 0 aromatic heterocycles. The lowest BCUT2D eigenvalue weighted by atomic mass is 9.95. The first kappa shape index (κ1) is 20.1. The smallest absolute Gasteiger partial charge is 0.188 e. The van der Waals surface area contributed by atoms with Crippen molar-refractivity contribution in [1.82, 2.24) is 5.32 Å². The van der Waals surface area contributed by atoms with E-state index in [1.807, 2.05) is 6.92 Å². The number of rotatable bonds is 8. The highest BCUT2D eigenvalue weighted by Gasteiger charge is 2.45. The number of guanidine groups is 1. The molecule has 7 heteroatoms. The van der Waals surface area contributed by atoms with Crippen molar-refractivity contribution >= 4 is 29.9 Å². The first-order valence-corrected chi connectivity index (χ1v) is 7.64. The van der Waals surface area contributed by atoms with Gasteiger partial charge >= 0.3 is 0 Å². The normalized spacial score (nSPS) is 15.9. The Labute approximate surface area is 152 Å². The van der Waals surface area contributed by atoms with Crippen molar-refractivity contribution in [3.8, 4) is 0 Å². The molecule has 1 saturated carbocycles. The maximum absolute atomic E-state index is 13.9. The van der Waals surface area contributed by atoms with Crippen LogP contribution in [0.1, 0.15) is 31.7 Å². The van der Waals surface area contributed by atoms with Crippen LogP contribution < -0.4 is 11.1 Å². The third-order valence-corrected chi connectivity index (χ3v) is 3.88. The van der Waals surface area contributed by atoms with Crippen molar-refractivity contribution in [3.05, 3.63) is 35.4 Å². The molecule has 3 N–H and O–H groups in total. The van der Waals surface area contributed by atoms with Crippen LogP contribution in [0.2, 0.25) is 0 Å². The summed E-state index contributed by atoms with van der Waals surface area (Å²) in [6.07, 6.45) is 2.54. The molecule has 0 heterocycles. The topological polar surface area (TPSA) is 59.6 Å². The largest absolute Gasteiger partial charge is 0.382 e. The molecule has 0 saturated heterocycles. The van der Waals surface area contributed by atoms with Crippen molar-refractivity contribution in [3.63, 3.8) is 0 Å². The fraction of sp³-hybridized carbons (Fsp3) is 0.562. The average molecular weight is 439 g/mol. The Kier molecular flexibility index (Phi) is 8.18. The van der Waals surface area contributed by atoms with Gasteiger partial charge in [0, 0.05) is 31.2 Å². The van der Waals surface area contributed by atoms with Crippen molar-refractivity contribution in [2.24, 2.45) is 10.7 Å².